The van der Waals surface area contributed by atoms with Crippen molar-refractivity contribution in [3.63, 3.8) is 0 Å². The molecule has 0 unspecified atom stereocenters. The summed E-state index contributed by atoms with van der Waals surface area (Å²) in [5.41, 5.74) is -0.423. The van der Waals surface area contributed by atoms with Crippen LogP contribution in [-0.4, -0.2) is 18.5 Å². The Bertz CT molecular complexity index is 907. The van der Waals surface area contributed by atoms with E-state index in [4.69, 9.17) is 4.74 Å². The number of rotatable bonds is 6. The molecule has 1 N–H and O–H groups in total. The van der Waals surface area contributed by atoms with Gasteiger partial charge in [-0.15, -0.1) is 0 Å². The lowest BCUT2D eigenvalue weighted by atomic mass is 10.1. The average Bonchev–Trinajstić information content (AvgIpc) is 2.64. The van der Waals surface area contributed by atoms with Crippen LogP contribution < -0.4 is 5.32 Å². The third-order valence-electron chi connectivity index (χ3n) is 3.80. The number of hydrogen-bond donors (Lipinski definition) is 1. The van der Waals surface area contributed by atoms with Crippen LogP contribution in [0.5, 0.6) is 0 Å². The van der Waals surface area contributed by atoms with E-state index in [2.05, 4.69) is 5.32 Å². The molecule has 0 bridgehead atoms. The molecule has 0 spiro atoms. The van der Waals surface area contributed by atoms with Gasteiger partial charge in [0.25, 0.3) is 5.91 Å². The molecular formula is C20H16F5NO3. The van der Waals surface area contributed by atoms with Crippen LogP contribution in [-0.2, 0) is 20.5 Å². The number of carbonyl (C=O) groups is 2. The summed E-state index contributed by atoms with van der Waals surface area (Å²) in [5, 5.41) is 2.40. The van der Waals surface area contributed by atoms with Gasteiger partial charge >= 0.3 is 12.1 Å². The molecule has 0 aromatic heterocycles. The highest BCUT2D eigenvalue weighted by molar-refractivity contribution is 5.89. The van der Waals surface area contributed by atoms with Gasteiger partial charge in [-0.05, 0) is 36.8 Å². The maximum atomic E-state index is 13.7. The molecule has 29 heavy (non-hydrogen) atoms. The molecule has 0 radical (unpaired) electrons. The summed E-state index contributed by atoms with van der Waals surface area (Å²) in [6.45, 7) is 0.823. The van der Waals surface area contributed by atoms with Crippen LogP contribution in [0.15, 0.2) is 48.5 Å². The third-order valence-corrected chi connectivity index (χ3v) is 3.80. The number of benzene rings is 2. The van der Waals surface area contributed by atoms with E-state index in [1.165, 1.54) is 31.2 Å². The third kappa shape index (κ3) is 6.70. The van der Waals surface area contributed by atoms with Crippen molar-refractivity contribution in [2.75, 3.05) is 6.61 Å². The number of alkyl halides is 3. The molecule has 154 valence electrons. The predicted molar refractivity (Wildman–Crippen MR) is 94.4 cm³/mol. The highest BCUT2D eigenvalue weighted by Crippen LogP contribution is 2.29. The number of esters is 1. The molecule has 0 fully saturated rings. The topological polar surface area (TPSA) is 55.4 Å². The summed E-state index contributed by atoms with van der Waals surface area (Å²) >= 11 is 0. The fourth-order valence-corrected chi connectivity index (χ4v) is 2.35. The van der Waals surface area contributed by atoms with Crippen molar-refractivity contribution in [3.05, 3.63) is 76.9 Å². The van der Waals surface area contributed by atoms with E-state index in [9.17, 15) is 31.5 Å². The van der Waals surface area contributed by atoms with Crippen molar-refractivity contribution in [1.29, 1.82) is 0 Å². The predicted octanol–water partition coefficient (Wildman–Crippen LogP) is 4.42. The zero-order chi connectivity index (χ0) is 21.6. The van der Waals surface area contributed by atoms with E-state index in [0.29, 0.717) is 11.6 Å². The second-order valence-electron chi connectivity index (χ2n) is 6.02. The first kappa shape index (κ1) is 22.1. The molecule has 2 aromatic rings. The van der Waals surface area contributed by atoms with E-state index in [1.54, 1.807) is 0 Å². The van der Waals surface area contributed by atoms with Crippen LogP contribution >= 0.6 is 0 Å². The van der Waals surface area contributed by atoms with Crippen LogP contribution in [0.3, 0.4) is 0 Å². The average molecular weight is 413 g/mol. The van der Waals surface area contributed by atoms with Gasteiger partial charge in [0.05, 0.1) is 11.6 Å². The first-order valence-corrected chi connectivity index (χ1v) is 8.32. The molecule has 9 heteroatoms. The number of nitrogens with one attached hydrogen (secondary N) is 1. The van der Waals surface area contributed by atoms with Gasteiger partial charge in [-0.2, -0.15) is 13.2 Å². The lowest BCUT2D eigenvalue weighted by Gasteiger charge is -2.15. The zero-order valence-electron chi connectivity index (χ0n) is 15.1. The Morgan fingerprint density at radius 2 is 1.76 bits per heavy atom. The van der Waals surface area contributed by atoms with Gasteiger partial charge in [0.1, 0.15) is 11.6 Å². The number of carbonyl (C=O) groups excluding carboxylic acids is 2. The van der Waals surface area contributed by atoms with Crippen molar-refractivity contribution in [2.45, 2.75) is 19.1 Å². The van der Waals surface area contributed by atoms with Gasteiger partial charge < -0.3 is 10.1 Å². The van der Waals surface area contributed by atoms with E-state index in [-0.39, 0.29) is 5.56 Å². The second kappa shape index (κ2) is 9.31. The van der Waals surface area contributed by atoms with Gasteiger partial charge in [0.2, 0.25) is 0 Å². The van der Waals surface area contributed by atoms with Crippen LogP contribution in [0, 0.1) is 11.6 Å². The Morgan fingerprint density at radius 1 is 1.10 bits per heavy atom. The summed E-state index contributed by atoms with van der Waals surface area (Å²) in [4.78, 5) is 23.4. The smallest absolute Gasteiger partial charge is 0.416 e. The number of halogens is 5. The van der Waals surface area contributed by atoms with Gasteiger partial charge in [-0.25, -0.2) is 13.6 Å². The Kier molecular flexibility index (Phi) is 7.08. The Balaban J connectivity index is 1.83. The molecule has 2 rings (SSSR count). The van der Waals surface area contributed by atoms with E-state index in [1.807, 2.05) is 0 Å². The van der Waals surface area contributed by atoms with Crippen LogP contribution in [0.4, 0.5) is 22.0 Å². The fraction of sp³-hybridized carbons (Fsp3) is 0.200. The minimum absolute atomic E-state index is 0.0632. The van der Waals surface area contributed by atoms with Crippen molar-refractivity contribution in [1.82, 2.24) is 5.32 Å². The molecule has 0 heterocycles. The molecule has 2 aromatic carbocycles. The van der Waals surface area contributed by atoms with Crippen LogP contribution in [0.25, 0.3) is 6.08 Å². The molecule has 1 atom stereocenters. The van der Waals surface area contributed by atoms with E-state index in [0.717, 1.165) is 24.3 Å². The summed E-state index contributed by atoms with van der Waals surface area (Å²) in [6.07, 6.45) is -2.27. The van der Waals surface area contributed by atoms with Crippen molar-refractivity contribution in [3.8, 4) is 0 Å². The van der Waals surface area contributed by atoms with Gasteiger partial charge in [-0.1, -0.05) is 18.2 Å². The number of amides is 1. The van der Waals surface area contributed by atoms with Gasteiger partial charge in [0.15, 0.2) is 6.61 Å². The van der Waals surface area contributed by atoms with E-state index >= 15 is 0 Å². The van der Waals surface area contributed by atoms with Gasteiger partial charge in [-0.3, -0.25) is 4.79 Å². The van der Waals surface area contributed by atoms with Crippen molar-refractivity contribution >= 4 is 18.0 Å². The highest BCUT2D eigenvalue weighted by Gasteiger charge is 2.29. The molecule has 0 saturated carbocycles. The molecule has 0 aliphatic carbocycles. The van der Waals surface area contributed by atoms with Crippen LogP contribution in [0.2, 0.25) is 0 Å². The number of ether oxygens (including phenoxy) is 1. The zero-order valence-corrected chi connectivity index (χ0v) is 15.1. The lowest BCUT2D eigenvalue weighted by Crippen LogP contribution is -2.31. The summed E-state index contributed by atoms with van der Waals surface area (Å²) in [6, 6.07) is 6.23. The standard InChI is InChI=1S/C20H16F5NO3/c1-12(16-8-7-15(21)10-17(16)22)26-18(27)11-29-19(28)9-4-13-2-5-14(6-3-13)20(23,24)25/h2-10,12H,11H2,1H3,(H,26,27)/b9-4+/t12-/m0/s1. The largest absolute Gasteiger partial charge is 0.452 e. The first-order chi connectivity index (χ1) is 13.6. The van der Waals surface area contributed by atoms with Crippen molar-refractivity contribution in [2.24, 2.45) is 0 Å². The second-order valence-corrected chi connectivity index (χ2v) is 6.02. The highest BCUT2D eigenvalue weighted by atomic mass is 19.4. The Morgan fingerprint density at radius 3 is 2.34 bits per heavy atom. The quantitative estimate of drug-likeness (QED) is 0.434. The lowest BCUT2D eigenvalue weighted by molar-refractivity contribution is -0.144. The molecular weight excluding hydrogens is 397 g/mol. The van der Waals surface area contributed by atoms with Crippen LogP contribution in [0.1, 0.15) is 29.7 Å². The summed E-state index contributed by atoms with van der Waals surface area (Å²) in [7, 11) is 0. The first-order valence-electron chi connectivity index (χ1n) is 8.32. The van der Waals surface area contributed by atoms with Crippen molar-refractivity contribution < 1.29 is 36.3 Å². The summed E-state index contributed by atoms with van der Waals surface area (Å²) < 4.78 is 68.7. The SMILES string of the molecule is C[C@H](NC(=O)COC(=O)/C=C/c1ccc(C(F)(F)F)cc1)c1ccc(F)cc1F. The minimum atomic E-state index is -4.46. The monoisotopic (exact) mass is 413 g/mol. The molecule has 4 nitrogen and oxygen atoms in total. The molecule has 0 aliphatic heterocycles. The van der Waals surface area contributed by atoms with E-state index < -0.39 is 47.9 Å². The van der Waals surface area contributed by atoms with Gasteiger partial charge in [0, 0.05) is 17.7 Å². The molecule has 0 saturated heterocycles. The Hall–Kier alpha value is -3.23. The minimum Gasteiger partial charge on any atom is -0.452 e. The number of hydrogen-bond acceptors (Lipinski definition) is 3. The summed E-state index contributed by atoms with van der Waals surface area (Å²) in [5.74, 6) is -3.18. The fourth-order valence-electron chi connectivity index (χ4n) is 2.35. The maximum Gasteiger partial charge on any atom is 0.416 e. The molecule has 1 amide bonds. The normalized spacial score (nSPS) is 12.6. The maximum absolute atomic E-state index is 13.7. The Labute approximate surface area is 163 Å². The molecule has 0 aliphatic rings.